The van der Waals surface area contributed by atoms with Gasteiger partial charge < -0.3 is 14.6 Å². The summed E-state index contributed by atoms with van der Waals surface area (Å²) in [6.07, 6.45) is 5.00. The smallest absolute Gasteiger partial charge is 0.231 e. The third kappa shape index (κ3) is 3.67. The van der Waals surface area contributed by atoms with Crippen LogP contribution in [-0.2, 0) is 16.0 Å². The van der Waals surface area contributed by atoms with Gasteiger partial charge in [-0.2, -0.15) is 5.10 Å². The number of hydrogen-bond donors (Lipinski definition) is 2. The predicted molar refractivity (Wildman–Crippen MR) is 117 cm³/mol. The highest BCUT2D eigenvalue weighted by Crippen LogP contribution is 2.39. The number of amides is 2. The van der Waals surface area contributed by atoms with E-state index in [9.17, 15) is 14.0 Å². The number of aromatic nitrogens is 5. The van der Waals surface area contributed by atoms with Gasteiger partial charge in [0.1, 0.15) is 12.0 Å². The first-order valence-corrected chi connectivity index (χ1v) is 10.5. The molecule has 1 fully saturated rings. The number of halogens is 3. The van der Waals surface area contributed by atoms with Crippen LogP contribution in [0.1, 0.15) is 12.0 Å². The average Bonchev–Trinajstić information content (AvgIpc) is 3.15. The Kier molecular flexibility index (Phi) is 5.00. The molecular weight excluding hydrogens is 456 g/mol. The van der Waals surface area contributed by atoms with Crippen LogP contribution >= 0.6 is 11.6 Å². The van der Waals surface area contributed by atoms with E-state index < -0.39 is 23.8 Å². The molecule has 33 heavy (non-hydrogen) atoms. The fraction of sp³-hybridized carbons (Fsp3) is 0.286. The van der Waals surface area contributed by atoms with Crippen LogP contribution < -0.4 is 5.32 Å². The normalized spacial score (nSPS) is 17.5. The molecule has 1 aliphatic carbocycles. The van der Waals surface area contributed by atoms with Crippen LogP contribution in [0.15, 0.2) is 24.8 Å². The minimum atomic E-state index is -1.11. The first-order valence-electron chi connectivity index (χ1n) is 10.1. The molecular formula is C21H18ClF2N7O2. The van der Waals surface area contributed by atoms with E-state index in [1.54, 1.807) is 30.9 Å². The Morgan fingerprint density at radius 3 is 2.79 bits per heavy atom. The van der Waals surface area contributed by atoms with Gasteiger partial charge in [0.2, 0.25) is 11.8 Å². The molecule has 1 aromatic carbocycles. The van der Waals surface area contributed by atoms with Crippen LogP contribution in [-0.4, -0.2) is 61.5 Å². The van der Waals surface area contributed by atoms with Crippen molar-refractivity contribution in [3.8, 4) is 11.3 Å². The molecule has 0 radical (unpaired) electrons. The predicted octanol–water partition coefficient (Wildman–Crippen LogP) is 2.99. The molecule has 3 aromatic heterocycles. The Labute approximate surface area is 190 Å². The van der Waals surface area contributed by atoms with Gasteiger partial charge in [-0.1, -0.05) is 11.6 Å². The van der Waals surface area contributed by atoms with E-state index in [1.807, 2.05) is 0 Å². The molecule has 3 heterocycles. The van der Waals surface area contributed by atoms with Crippen molar-refractivity contribution >= 4 is 45.8 Å². The van der Waals surface area contributed by atoms with Crippen molar-refractivity contribution in [3.05, 3.63) is 41.2 Å². The number of imidazole rings is 1. The fourth-order valence-electron chi connectivity index (χ4n) is 3.64. The lowest BCUT2D eigenvalue weighted by molar-refractivity contribution is -0.128. The maximum absolute atomic E-state index is 15.3. The van der Waals surface area contributed by atoms with Gasteiger partial charge in [0.05, 0.1) is 47.2 Å². The zero-order valence-electron chi connectivity index (χ0n) is 17.6. The molecule has 5 rings (SSSR count). The van der Waals surface area contributed by atoms with E-state index in [-0.39, 0.29) is 35.2 Å². The monoisotopic (exact) mass is 473 g/mol. The highest BCUT2D eigenvalue weighted by atomic mass is 35.5. The summed E-state index contributed by atoms with van der Waals surface area (Å²) in [4.78, 5) is 34.2. The Balaban J connectivity index is 1.55. The lowest BCUT2D eigenvalue weighted by Gasteiger charge is -2.14. The summed E-state index contributed by atoms with van der Waals surface area (Å²) in [7, 11) is 3.17. The number of H-pyrrole nitrogens is 1. The summed E-state index contributed by atoms with van der Waals surface area (Å²) >= 11 is 6.41. The number of anilines is 1. The second-order valence-electron chi connectivity index (χ2n) is 8.12. The zero-order valence-corrected chi connectivity index (χ0v) is 18.3. The topological polar surface area (TPSA) is 108 Å². The lowest BCUT2D eigenvalue weighted by Crippen LogP contribution is -2.24. The molecule has 9 nitrogen and oxygen atoms in total. The highest BCUT2D eigenvalue weighted by molar-refractivity contribution is 6.35. The molecule has 0 unspecified atom stereocenters. The van der Waals surface area contributed by atoms with E-state index >= 15 is 4.39 Å². The standard InChI is InChI=1S/C21H18ClF2N7O2/c1-30(2)16(32)4-10-19(24)18(22)17(11-5-26-29-20(10)11)13-7-31-8-14(27-15(31)6-25-13)28-21(33)9-3-12(9)23/h5-9,12H,3-4H2,1-2H3,(H,26,29)(H,28,33)/t9-,12+/m1/s1. The summed E-state index contributed by atoms with van der Waals surface area (Å²) in [5, 5.41) is 9.67. The van der Waals surface area contributed by atoms with Crippen molar-refractivity contribution in [2.24, 2.45) is 5.92 Å². The summed E-state index contributed by atoms with van der Waals surface area (Å²) in [6.45, 7) is 0. The van der Waals surface area contributed by atoms with E-state index in [2.05, 4.69) is 25.5 Å². The first kappa shape index (κ1) is 21.3. The molecule has 4 aromatic rings. The largest absolute Gasteiger partial charge is 0.349 e. The number of alkyl halides is 1. The van der Waals surface area contributed by atoms with Gasteiger partial charge >= 0.3 is 0 Å². The maximum atomic E-state index is 15.3. The van der Waals surface area contributed by atoms with Crippen LogP contribution in [0.5, 0.6) is 0 Å². The Hall–Kier alpha value is -3.60. The number of rotatable bonds is 5. The molecule has 1 saturated carbocycles. The Morgan fingerprint density at radius 2 is 2.09 bits per heavy atom. The van der Waals surface area contributed by atoms with Gasteiger partial charge in [0.15, 0.2) is 11.5 Å². The van der Waals surface area contributed by atoms with Gasteiger partial charge in [-0.05, 0) is 6.42 Å². The third-order valence-corrected chi connectivity index (χ3v) is 5.97. The van der Waals surface area contributed by atoms with E-state index in [4.69, 9.17) is 11.6 Å². The maximum Gasteiger partial charge on any atom is 0.231 e. The van der Waals surface area contributed by atoms with Crippen LogP contribution in [0.4, 0.5) is 14.6 Å². The van der Waals surface area contributed by atoms with Crippen molar-refractivity contribution < 1.29 is 18.4 Å². The van der Waals surface area contributed by atoms with Crippen LogP contribution in [0, 0.1) is 11.7 Å². The number of hydrogen-bond acceptors (Lipinski definition) is 5. The number of fused-ring (bicyclic) bond motifs is 2. The number of likely N-dealkylation sites (N-methyl/N-ethyl adjacent to an activating group) is 1. The minimum Gasteiger partial charge on any atom is -0.349 e. The van der Waals surface area contributed by atoms with Gasteiger partial charge in [-0.3, -0.25) is 19.7 Å². The molecule has 0 saturated heterocycles. The lowest BCUT2D eigenvalue weighted by atomic mass is 10.0. The average molecular weight is 474 g/mol. The summed E-state index contributed by atoms with van der Waals surface area (Å²) in [6, 6.07) is 0. The third-order valence-electron chi connectivity index (χ3n) is 5.61. The van der Waals surface area contributed by atoms with Crippen LogP contribution in [0.3, 0.4) is 0 Å². The van der Waals surface area contributed by atoms with E-state index in [1.165, 1.54) is 17.3 Å². The van der Waals surface area contributed by atoms with Gasteiger partial charge in [-0.15, -0.1) is 0 Å². The molecule has 0 bridgehead atoms. The van der Waals surface area contributed by atoms with Crippen molar-refractivity contribution in [3.63, 3.8) is 0 Å². The Morgan fingerprint density at radius 1 is 1.33 bits per heavy atom. The van der Waals surface area contributed by atoms with Crippen molar-refractivity contribution in [2.75, 3.05) is 19.4 Å². The number of carbonyl (C=O) groups excluding carboxylic acids is 2. The zero-order chi connectivity index (χ0) is 23.4. The van der Waals surface area contributed by atoms with Gasteiger partial charge in [0.25, 0.3) is 0 Å². The Bertz CT molecular complexity index is 1430. The molecule has 0 aliphatic heterocycles. The quantitative estimate of drug-likeness (QED) is 0.463. The number of carbonyl (C=O) groups is 2. The highest BCUT2D eigenvalue weighted by Gasteiger charge is 2.43. The molecule has 2 N–H and O–H groups in total. The summed E-state index contributed by atoms with van der Waals surface area (Å²) < 4.78 is 30.0. The molecule has 0 spiro atoms. The second kappa shape index (κ2) is 7.77. The van der Waals surface area contributed by atoms with E-state index in [0.717, 1.165) is 0 Å². The van der Waals surface area contributed by atoms with E-state index in [0.29, 0.717) is 27.8 Å². The molecule has 12 heteroatoms. The van der Waals surface area contributed by atoms with Crippen LogP contribution in [0.25, 0.3) is 27.8 Å². The summed E-state index contributed by atoms with van der Waals surface area (Å²) in [5.74, 6) is -1.83. The first-order chi connectivity index (χ1) is 15.7. The van der Waals surface area contributed by atoms with Crippen molar-refractivity contribution in [2.45, 2.75) is 19.0 Å². The molecule has 2 atom stereocenters. The SMILES string of the molecule is CN(C)C(=O)Cc1c(F)c(Cl)c(-c2cn3cc(NC(=O)[C@@H]4C[C@@H]4F)nc3cn2)c2cn[nH]c12. The molecule has 170 valence electrons. The number of benzene rings is 1. The fourth-order valence-corrected chi connectivity index (χ4v) is 3.96. The number of nitrogens with one attached hydrogen (secondary N) is 2. The summed E-state index contributed by atoms with van der Waals surface area (Å²) in [5.41, 5.74) is 1.54. The second-order valence-corrected chi connectivity index (χ2v) is 8.49. The van der Waals surface area contributed by atoms with Gasteiger partial charge in [0, 0.05) is 36.8 Å². The minimum absolute atomic E-state index is 0.120. The van der Waals surface area contributed by atoms with Crippen LogP contribution in [0.2, 0.25) is 5.02 Å². The molecule has 2 amide bonds. The number of nitrogens with zero attached hydrogens (tertiary/aromatic N) is 5. The van der Waals surface area contributed by atoms with Gasteiger partial charge in [-0.25, -0.2) is 13.8 Å². The number of aromatic amines is 1. The van der Waals surface area contributed by atoms with Crippen molar-refractivity contribution in [1.82, 2.24) is 29.5 Å². The molecule has 1 aliphatic rings. The van der Waals surface area contributed by atoms with Crippen molar-refractivity contribution in [1.29, 1.82) is 0 Å².